The number of pyridine rings is 1. The molecule has 0 amide bonds. The van der Waals surface area contributed by atoms with Gasteiger partial charge in [-0.1, -0.05) is 30.3 Å². The van der Waals surface area contributed by atoms with Crippen LogP contribution in [0.2, 0.25) is 0 Å². The largest absolute Gasteiger partial charge is 0.429 e. The molecule has 116 valence electrons. The fourth-order valence-corrected chi connectivity index (χ4v) is 3.88. The lowest BCUT2D eigenvalue weighted by molar-refractivity contribution is -0.120. The number of benzene rings is 2. The van der Waals surface area contributed by atoms with Crippen molar-refractivity contribution >= 4 is 27.2 Å². The first kappa shape index (κ1) is 15.2. The summed E-state index contributed by atoms with van der Waals surface area (Å²) >= 11 is 0. The molecule has 3 rings (SSSR count). The fourth-order valence-electron chi connectivity index (χ4n) is 2.34. The van der Waals surface area contributed by atoms with Crippen LogP contribution in [0.15, 0.2) is 65.7 Å². The molecule has 0 aliphatic heterocycles. The zero-order valence-corrected chi connectivity index (χ0v) is 12.9. The van der Waals surface area contributed by atoms with E-state index in [1.807, 2.05) is 12.1 Å². The van der Waals surface area contributed by atoms with Gasteiger partial charge in [-0.2, -0.15) is 0 Å². The lowest BCUT2D eigenvalue weighted by Crippen LogP contribution is -2.06. The van der Waals surface area contributed by atoms with Gasteiger partial charge in [-0.25, -0.2) is 8.42 Å². The summed E-state index contributed by atoms with van der Waals surface area (Å²) in [6.07, 6.45) is 1.58. The molecular formula is C17H13NO4S. The van der Waals surface area contributed by atoms with Crippen molar-refractivity contribution in [2.75, 3.05) is 0 Å². The summed E-state index contributed by atoms with van der Waals surface area (Å²) in [5, 5.41) is 0.781. The predicted octanol–water partition coefficient (Wildman–Crippen LogP) is 2.74. The standard InChI is InChI=1S/C17H13NO4S/c19-12-22-15-8-6-13(7-9-15)11-23(20,21)16-5-1-3-14-4-2-10-18-17(14)16/h1-10,12H,11H2. The van der Waals surface area contributed by atoms with Crippen molar-refractivity contribution in [2.24, 2.45) is 0 Å². The Balaban J connectivity index is 1.96. The van der Waals surface area contributed by atoms with Gasteiger partial charge in [0.15, 0.2) is 9.84 Å². The van der Waals surface area contributed by atoms with Crippen molar-refractivity contribution in [1.29, 1.82) is 0 Å². The van der Waals surface area contributed by atoms with E-state index in [1.165, 1.54) is 0 Å². The molecular weight excluding hydrogens is 314 g/mol. The second-order valence-corrected chi connectivity index (χ2v) is 6.91. The summed E-state index contributed by atoms with van der Waals surface area (Å²) in [7, 11) is -3.54. The molecule has 0 aliphatic rings. The highest BCUT2D eigenvalue weighted by Gasteiger charge is 2.19. The molecule has 0 spiro atoms. The molecule has 0 saturated heterocycles. The number of hydrogen-bond acceptors (Lipinski definition) is 5. The number of carbonyl (C=O) groups excluding carboxylic acids is 1. The van der Waals surface area contributed by atoms with E-state index in [9.17, 15) is 13.2 Å². The number of carbonyl (C=O) groups is 1. The van der Waals surface area contributed by atoms with Crippen LogP contribution >= 0.6 is 0 Å². The Labute approximate surface area is 133 Å². The highest BCUT2D eigenvalue weighted by molar-refractivity contribution is 7.90. The smallest absolute Gasteiger partial charge is 0.298 e. The number of ether oxygens (including phenoxy) is 1. The monoisotopic (exact) mass is 327 g/mol. The normalized spacial score (nSPS) is 11.3. The van der Waals surface area contributed by atoms with Crippen molar-refractivity contribution < 1.29 is 17.9 Å². The Morgan fingerprint density at radius 1 is 1.00 bits per heavy atom. The molecule has 0 aliphatic carbocycles. The first-order chi connectivity index (χ1) is 11.1. The van der Waals surface area contributed by atoms with E-state index in [4.69, 9.17) is 4.74 Å². The zero-order valence-electron chi connectivity index (χ0n) is 12.0. The second-order valence-electron chi connectivity index (χ2n) is 4.95. The summed E-state index contributed by atoms with van der Waals surface area (Å²) in [6.45, 7) is 0.327. The second kappa shape index (κ2) is 6.18. The highest BCUT2D eigenvalue weighted by Crippen LogP contribution is 2.24. The van der Waals surface area contributed by atoms with Crippen LogP contribution in [0.3, 0.4) is 0 Å². The molecule has 6 heteroatoms. The van der Waals surface area contributed by atoms with Crippen molar-refractivity contribution in [3.63, 3.8) is 0 Å². The van der Waals surface area contributed by atoms with Gasteiger partial charge in [0.05, 0.1) is 16.2 Å². The van der Waals surface area contributed by atoms with Crippen molar-refractivity contribution in [3.05, 3.63) is 66.4 Å². The van der Waals surface area contributed by atoms with Gasteiger partial charge >= 0.3 is 0 Å². The first-order valence-corrected chi connectivity index (χ1v) is 8.51. The average Bonchev–Trinajstić information content (AvgIpc) is 2.56. The molecule has 0 unspecified atom stereocenters. The van der Waals surface area contributed by atoms with Gasteiger partial charge in [-0.15, -0.1) is 0 Å². The van der Waals surface area contributed by atoms with Gasteiger partial charge in [-0.3, -0.25) is 9.78 Å². The lowest BCUT2D eigenvalue weighted by Gasteiger charge is -2.08. The van der Waals surface area contributed by atoms with E-state index in [0.29, 0.717) is 23.3 Å². The molecule has 0 atom stereocenters. The lowest BCUT2D eigenvalue weighted by atomic mass is 10.2. The molecule has 1 aromatic heterocycles. The van der Waals surface area contributed by atoms with Crippen LogP contribution in [0.4, 0.5) is 0 Å². The summed E-state index contributed by atoms with van der Waals surface area (Å²) < 4.78 is 30.1. The van der Waals surface area contributed by atoms with E-state index in [-0.39, 0.29) is 10.6 Å². The predicted molar refractivity (Wildman–Crippen MR) is 85.8 cm³/mol. The van der Waals surface area contributed by atoms with E-state index in [2.05, 4.69) is 4.98 Å². The Hall–Kier alpha value is -2.73. The number of sulfone groups is 1. The highest BCUT2D eigenvalue weighted by atomic mass is 32.2. The first-order valence-electron chi connectivity index (χ1n) is 6.86. The minimum Gasteiger partial charge on any atom is -0.429 e. The van der Waals surface area contributed by atoms with Gasteiger partial charge in [-0.05, 0) is 29.8 Å². The molecule has 23 heavy (non-hydrogen) atoms. The van der Waals surface area contributed by atoms with Crippen LogP contribution < -0.4 is 4.74 Å². The minimum atomic E-state index is -3.54. The molecule has 0 bridgehead atoms. The number of hydrogen-bond donors (Lipinski definition) is 0. The van der Waals surface area contributed by atoms with Crippen molar-refractivity contribution in [2.45, 2.75) is 10.6 Å². The summed E-state index contributed by atoms with van der Waals surface area (Å²) in [6, 6.07) is 15.0. The number of nitrogens with zero attached hydrogens (tertiary/aromatic N) is 1. The molecule has 0 radical (unpaired) electrons. The van der Waals surface area contributed by atoms with Crippen LogP contribution in [0.25, 0.3) is 10.9 Å². The quantitative estimate of drug-likeness (QED) is 0.674. The minimum absolute atomic E-state index is 0.149. The Kier molecular flexibility index (Phi) is 4.08. The van der Waals surface area contributed by atoms with Crippen LogP contribution in [0.1, 0.15) is 5.56 Å². The number of para-hydroxylation sites is 1. The molecule has 2 aromatic carbocycles. The maximum atomic E-state index is 12.7. The van der Waals surface area contributed by atoms with Crippen LogP contribution in [0, 0.1) is 0 Å². The van der Waals surface area contributed by atoms with Crippen LogP contribution in [-0.4, -0.2) is 19.9 Å². The molecule has 5 nitrogen and oxygen atoms in total. The van der Waals surface area contributed by atoms with Gasteiger partial charge in [0, 0.05) is 11.6 Å². The third kappa shape index (κ3) is 3.22. The van der Waals surface area contributed by atoms with Crippen molar-refractivity contribution in [3.8, 4) is 5.75 Å². The summed E-state index contributed by atoms with van der Waals surface area (Å²) in [5.41, 5.74) is 1.08. The maximum Gasteiger partial charge on any atom is 0.298 e. The fraction of sp³-hybridized carbons (Fsp3) is 0.0588. The van der Waals surface area contributed by atoms with E-state index >= 15 is 0 Å². The number of fused-ring (bicyclic) bond motifs is 1. The third-order valence-corrected chi connectivity index (χ3v) is 5.11. The number of aromatic nitrogens is 1. The molecule has 1 heterocycles. The van der Waals surface area contributed by atoms with Crippen LogP contribution in [0.5, 0.6) is 5.75 Å². The zero-order chi connectivity index (χ0) is 16.3. The summed E-state index contributed by atoms with van der Waals surface area (Å²) in [4.78, 5) is 14.7. The molecule has 0 N–H and O–H groups in total. The van der Waals surface area contributed by atoms with Crippen molar-refractivity contribution in [1.82, 2.24) is 4.98 Å². The topological polar surface area (TPSA) is 73.3 Å². The SMILES string of the molecule is O=COc1ccc(CS(=O)(=O)c2cccc3cccnc23)cc1. The van der Waals surface area contributed by atoms with Gasteiger partial charge in [0.1, 0.15) is 5.75 Å². The molecule has 0 saturated carbocycles. The Morgan fingerprint density at radius 3 is 2.48 bits per heavy atom. The van der Waals surface area contributed by atoms with Gasteiger partial charge in [0.2, 0.25) is 0 Å². The third-order valence-electron chi connectivity index (χ3n) is 3.39. The molecule has 0 fully saturated rings. The van der Waals surface area contributed by atoms with E-state index < -0.39 is 9.84 Å². The Bertz CT molecular complexity index is 944. The Morgan fingerprint density at radius 2 is 1.74 bits per heavy atom. The van der Waals surface area contributed by atoms with E-state index in [0.717, 1.165) is 5.39 Å². The summed E-state index contributed by atoms with van der Waals surface area (Å²) in [5.74, 6) is 0.220. The van der Waals surface area contributed by atoms with Crippen LogP contribution in [-0.2, 0) is 20.4 Å². The van der Waals surface area contributed by atoms with Gasteiger partial charge < -0.3 is 4.74 Å². The van der Waals surface area contributed by atoms with Gasteiger partial charge in [0.25, 0.3) is 6.47 Å². The maximum absolute atomic E-state index is 12.7. The number of rotatable bonds is 5. The molecule has 3 aromatic rings. The average molecular weight is 327 g/mol. The van der Waals surface area contributed by atoms with E-state index in [1.54, 1.807) is 48.7 Å².